The maximum atomic E-state index is 3.60. The van der Waals surface area contributed by atoms with Crippen molar-refractivity contribution in [1.82, 2.24) is 5.32 Å². The van der Waals surface area contributed by atoms with Crippen molar-refractivity contribution in [1.29, 1.82) is 0 Å². The third kappa shape index (κ3) is 3.48. The molecule has 1 atom stereocenters. The summed E-state index contributed by atoms with van der Waals surface area (Å²) in [7, 11) is 0. The van der Waals surface area contributed by atoms with Gasteiger partial charge in [-0.2, -0.15) is 0 Å². The van der Waals surface area contributed by atoms with Crippen LogP contribution in [-0.2, 0) is 0 Å². The zero-order valence-electron chi connectivity index (χ0n) is 12.1. The zero-order chi connectivity index (χ0) is 12.3. The summed E-state index contributed by atoms with van der Waals surface area (Å²) in [4.78, 5) is 0. The first kappa shape index (κ1) is 15.0. The van der Waals surface area contributed by atoms with Crippen LogP contribution in [0, 0.1) is 16.7 Å². The lowest BCUT2D eigenvalue weighted by atomic mass is 9.59. The summed E-state index contributed by atoms with van der Waals surface area (Å²) in [6.07, 6.45) is 1.23. The van der Waals surface area contributed by atoms with E-state index in [1.165, 1.54) is 6.42 Å². The van der Waals surface area contributed by atoms with Gasteiger partial charge in [0.05, 0.1) is 0 Å². The summed E-state index contributed by atoms with van der Waals surface area (Å²) >= 11 is 0. The van der Waals surface area contributed by atoms with Crippen LogP contribution in [0.15, 0.2) is 0 Å². The fourth-order valence-corrected chi connectivity index (χ4v) is 1.93. The summed E-state index contributed by atoms with van der Waals surface area (Å²) < 4.78 is 0. The van der Waals surface area contributed by atoms with Gasteiger partial charge in [-0.05, 0) is 23.2 Å². The Hall–Kier alpha value is -0.0400. The molecule has 0 rings (SSSR count). The van der Waals surface area contributed by atoms with E-state index in [2.05, 4.69) is 60.7 Å². The second-order valence-corrected chi connectivity index (χ2v) is 6.33. The van der Waals surface area contributed by atoms with Gasteiger partial charge in [-0.15, -0.1) is 0 Å². The summed E-state index contributed by atoms with van der Waals surface area (Å²) in [6.45, 7) is 19.8. The molecule has 0 amide bonds. The molecular formula is C14H31N. The van der Waals surface area contributed by atoms with Gasteiger partial charge >= 0.3 is 0 Å². The van der Waals surface area contributed by atoms with E-state index < -0.39 is 0 Å². The molecule has 0 radical (unpaired) electrons. The van der Waals surface area contributed by atoms with E-state index in [1.54, 1.807) is 0 Å². The normalized spacial score (nSPS) is 17.2. The minimum Gasteiger partial charge on any atom is -0.314 e. The Balaban J connectivity index is 4.68. The van der Waals surface area contributed by atoms with Crippen LogP contribution in [0.4, 0.5) is 0 Å². The number of rotatable bonds is 6. The molecule has 0 aromatic carbocycles. The van der Waals surface area contributed by atoms with Gasteiger partial charge in [-0.3, -0.25) is 0 Å². The fraction of sp³-hybridized carbons (Fsp3) is 1.00. The highest BCUT2D eigenvalue weighted by atomic mass is 14.9. The standard InChI is InChI=1S/C14H31N/c1-9-14(8,10-15-12(4)5)13(6,7)11(2)3/h11-12,15H,9-10H2,1-8H3. The van der Waals surface area contributed by atoms with Gasteiger partial charge in [0.1, 0.15) is 0 Å². The Bertz CT molecular complexity index is 182. The second-order valence-electron chi connectivity index (χ2n) is 6.33. The maximum Gasteiger partial charge on any atom is 0.00126 e. The molecule has 1 heteroatoms. The van der Waals surface area contributed by atoms with Gasteiger partial charge in [0.25, 0.3) is 0 Å². The Labute approximate surface area is 97.0 Å². The summed E-state index contributed by atoms with van der Waals surface area (Å²) in [5, 5.41) is 3.60. The lowest BCUT2D eigenvalue weighted by Crippen LogP contribution is -2.47. The van der Waals surface area contributed by atoms with Crippen molar-refractivity contribution in [2.45, 2.75) is 67.9 Å². The van der Waals surface area contributed by atoms with Crippen molar-refractivity contribution >= 4 is 0 Å². The Morgan fingerprint density at radius 3 is 1.73 bits per heavy atom. The topological polar surface area (TPSA) is 12.0 Å². The fourth-order valence-electron chi connectivity index (χ4n) is 1.93. The molecule has 0 aliphatic rings. The molecule has 0 aromatic rings. The van der Waals surface area contributed by atoms with E-state index in [4.69, 9.17) is 0 Å². The monoisotopic (exact) mass is 213 g/mol. The summed E-state index contributed by atoms with van der Waals surface area (Å²) in [5.74, 6) is 0.719. The Morgan fingerprint density at radius 1 is 1.00 bits per heavy atom. The van der Waals surface area contributed by atoms with Crippen molar-refractivity contribution in [3.63, 3.8) is 0 Å². The molecule has 0 spiro atoms. The van der Waals surface area contributed by atoms with E-state index in [0.717, 1.165) is 12.5 Å². The molecule has 0 heterocycles. The largest absolute Gasteiger partial charge is 0.314 e. The first-order valence-electron chi connectivity index (χ1n) is 6.40. The maximum absolute atomic E-state index is 3.60. The second kappa shape index (κ2) is 5.34. The first-order chi connectivity index (χ1) is 6.67. The average Bonchev–Trinajstić information content (AvgIpc) is 2.13. The van der Waals surface area contributed by atoms with Crippen LogP contribution >= 0.6 is 0 Å². The van der Waals surface area contributed by atoms with Gasteiger partial charge < -0.3 is 5.32 Å². The zero-order valence-corrected chi connectivity index (χ0v) is 12.1. The number of hydrogen-bond acceptors (Lipinski definition) is 1. The van der Waals surface area contributed by atoms with Gasteiger partial charge in [0.15, 0.2) is 0 Å². The van der Waals surface area contributed by atoms with Crippen LogP contribution in [0.5, 0.6) is 0 Å². The summed E-state index contributed by atoms with van der Waals surface area (Å²) in [5.41, 5.74) is 0.759. The molecule has 0 aliphatic carbocycles. The van der Waals surface area contributed by atoms with E-state index in [0.29, 0.717) is 16.9 Å². The average molecular weight is 213 g/mol. The van der Waals surface area contributed by atoms with E-state index >= 15 is 0 Å². The number of hydrogen-bond donors (Lipinski definition) is 1. The molecule has 0 saturated carbocycles. The predicted octanol–water partition coefficient (Wildman–Crippen LogP) is 4.08. The Kier molecular flexibility index (Phi) is 5.32. The van der Waals surface area contributed by atoms with Crippen molar-refractivity contribution in [3.05, 3.63) is 0 Å². The van der Waals surface area contributed by atoms with Crippen LogP contribution in [0.1, 0.15) is 61.8 Å². The predicted molar refractivity (Wildman–Crippen MR) is 70.2 cm³/mol. The molecule has 0 aliphatic heterocycles. The van der Waals surface area contributed by atoms with Gasteiger partial charge in [-0.1, -0.05) is 55.4 Å². The van der Waals surface area contributed by atoms with Crippen LogP contribution in [-0.4, -0.2) is 12.6 Å². The van der Waals surface area contributed by atoms with Crippen molar-refractivity contribution in [2.75, 3.05) is 6.54 Å². The molecule has 0 fully saturated rings. The highest BCUT2D eigenvalue weighted by Gasteiger charge is 2.41. The van der Waals surface area contributed by atoms with Crippen molar-refractivity contribution in [2.24, 2.45) is 16.7 Å². The highest BCUT2D eigenvalue weighted by Crippen LogP contribution is 2.46. The molecule has 92 valence electrons. The molecule has 0 saturated heterocycles. The molecule has 0 bridgehead atoms. The lowest BCUT2D eigenvalue weighted by molar-refractivity contribution is 0.0330. The van der Waals surface area contributed by atoms with Crippen molar-refractivity contribution < 1.29 is 0 Å². The third-order valence-electron chi connectivity index (χ3n) is 4.68. The van der Waals surface area contributed by atoms with Crippen LogP contribution in [0.2, 0.25) is 0 Å². The molecule has 1 nitrogen and oxygen atoms in total. The molecule has 15 heavy (non-hydrogen) atoms. The molecular weight excluding hydrogens is 182 g/mol. The van der Waals surface area contributed by atoms with E-state index in [9.17, 15) is 0 Å². The summed E-state index contributed by atoms with van der Waals surface area (Å²) in [6, 6.07) is 0.582. The lowest BCUT2D eigenvalue weighted by Gasteiger charge is -2.47. The van der Waals surface area contributed by atoms with Gasteiger partial charge in [0.2, 0.25) is 0 Å². The van der Waals surface area contributed by atoms with Crippen LogP contribution < -0.4 is 5.32 Å². The minimum atomic E-state index is 0.379. The van der Waals surface area contributed by atoms with Gasteiger partial charge in [-0.25, -0.2) is 0 Å². The first-order valence-corrected chi connectivity index (χ1v) is 6.40. The minimum absolute atomic E-state index is 0.379. The molecule has 1 N–H and O–H groups in total. The Morgan fingerprint density at radius 2 is 1.47 bits per heavy atom. The third-order valence-corrected chi connectivity index (χ3v) is 4.68. The number of nitrogens with one attached hydrogen (secondary N) is 1. The van der Waals surface area contributed by atoms with Crippen LogP contribution in [0.25, 0.3) is 0 Å². The smallest absolute Gasteiger partial charge is 0.00126 e. The SMILES string of the molecule is CCC(C)(CNC(C)C)C(C)(C)C(C)C. The molecule has 1 unspecified atom stereocenters. The van der Waals surface area contributed by atoms with Gasteiger partial charge in [0, 0.05) is 12.6 Å². The van der Waals surface area contributed by atoms with Crippen molar-refractivity contribution in [3.8, 4) is 0 Å². The van der Waals surface area contributed by atoms with E-state index in [-0.39, 0.29) is 0 Å². The highest BCUT2D eigenvalue weighted by molar-refractivity contribution is 4.92. The van der Waals surface area contributed by atoms with Crippen LogP contribution in [0.3, 0.4) is 0 Å². The van der Waals surface area contributed by atoms with E-state index in [1.807, 2.05) is 0 Å². The quantitative estimate of drug-likeness (QED) is 0.701. The molecule has 0 aromatic heterocycles.